The number of benzene rings is 1. The Balaban J connectivity index is 2.04. The first kappa shape index (κ1) is 28.1. The van der Waals surface area contributed by atoms with Crippen molar-refractivity contribution in [3.8, 4) is 10.8 Å². The highest BCUT2D eigenvalue weighted by atomic mass is 32.1. The third-order valence-electron chi connectivity index (χ3n) is 6.30. The van der Waals surface area contributed by atoms with Gasteiger partial charge in [-0.25, -0.2) is 18.5 Å². The Labute approximate surface area is 225 Å². The third-order valence-corrected chi connectivity index (χ3v) is 7.58. The van der Waals surface area contributed by atoms with Crippen molar-refractivity contribution in [3.63, 3.8) is 0 Å². The summed E-state index contributed by atoms with van der Waals surface area (Å²) in [4.78, 5) is 41.3. The molecule has 208 valence electrons. The molecular weight excluding hydrogens is 533 g/mol. The summed E-state index contributed by atoms with van der Waals surface area (Å²) in [7, 11) is 1.40. The Kier molecular flexibility index (Phi) is 7.73. The number of hydrogen-bond donors (Lipinski definition) is 2. The van der Waals surface area contributed by atoms with Crippen LogP contribution in [0.4, 0.5) is 4.39 Å². The number of hydrogen-bond acceptors (Lipinski definition) is 9. The molecule has 0 aliphatic carbocycles. The van der Waals surface area contributed by atoms with Crippen molar-refractivity contribution >= 4 is 27.5 Å². The van der Waals surface area contributed by atoms with Crippen LogP contribution in [-0.4, -0.2) is 60.1 Å². The Morgan fingerprint density at radius 3 is 2.49 bits per heavy atom. The standard InChI is InChI=1S/C25H28FN5O7S/c1-13(32)12-38-18(16-10-15(26)6-7-17(16)37-5)11-29-22-19(14(2)21(39-22)31-27-8-9-28-31)20(33)30(24(29)36)25(3,4)23(34)35/h6-10,13,18,32H,11-12H2,1-5H3,(H,34,35)/t13?,18-/m0/s1. The first-order chi connectivity index (χ1) is 18.4. The maximum absolute atomic E-state index is 14.3. The van der Waals surface area contributed by atoms with Crippen LogP contribution < -0.4 is 16.0 Å². The SMILES string of the molecule is COc1ccc(F)cc1[C@H](Cn1c(=O)n(C(C)(C)C(=O)O)c(=O)c2c(C)c(-n3nccn3)sc21)OCC(C)O. The molecule has 0 saturated heterocycles. The monoisotopic (exact) mass is 561 g/mol. The second-order valence-electron chi connectivity index (χ2n) is 9.49. The molecule has 0 saturated carbocycles. The van der Waals surface area contributed by atoms with E-state index < -0.39 is 40.8 Å². The van der Waals surface area contributed by atoms with Gasteiger partial charge in [0, 0.05) is 11.1 Å². The number of halogens is 1. The second kappa shape index (κ2) is 10.7. The number of aliphatic carboxylic acids is 1. The molecule has 3 heterocycles. The van der Waals surface area contributed by atoms with Crippen molar-refractivity contribution in [1.29, 1.82) is 0 Å². The average Bonchev–Trinajstić information content (AvgIpc) is 3.51. The van der Waals surface area contributed by atoms with E-state index >= 15 is 0 Å². The number of rotatable bonds is 10. The molecule has 0 aliphatic rings. The number of carbonyl (C=O) groups is 1. The predicted octanol–water partition coefficient (Wildman–Crippen LogP) is 2.22. The van der Waals surface area contributed by atoms with Gasteiger partial charge in [0.1, 0.15) is 33.0 Å². The molecule has 0 aliphatic heterocycles. The van der Waals surface area contributed by atoms with Crippen LogP contribution in [0.1, 0.15) is 38.0 Å². The van der Waals surface area contributed by atoms with Gasteiger partial charge in [0.15, 0.2) is 0 Å². The molecule has 0 amide bonds. The number of thiophene rings is 1. The number of aliphatic hydroxyl groups excluding tert-OH is 1. The average molecular weight is 562 g/mol. The minimum atomic E-state index is -1.91. The number of aryl methyl sites for hydroxylation is 1. The highest BCUT2D eigenvalue weighted by Crippen LogP contribution is 2.34. The molecule has 2 atom stereocenters. The minimum Gasteiger partial charge on any atom is -0.496 e. The van der Waals surface area contributed by atoms with E-state index in [0.717, 1.165) is 11.3 Å². The maximum atomic E-state index is 14.3. The van der Waals surface area contributed by atoms with Crippen LogP contribution in [0.25, 0.3) is 15.2 Å². The molecule has 0 spiro atoms. The zero-order valence-electron chi connectivity index (χ0n) is 21.9. The van der Waals surface area contributed by atoms with E-state index in [-0.39, 0.29) is 34.7 Å². The van der Waals surface area contributed by atoms with Gasteiger partial charge in [0.2, 0.25) is 0 Å². The number of fused-ring (bicyclic) bond motifs is 1. The second-order valence-corrected chi connectivity index (χ2v) is 10.5. The van der Waals surface area contributed by atoms with Crippen LogP contribution in [-0.2, 0) is 21.6 Å². The van der Waals surface area contributed by atoms with E-state index in [1.807, 2.05) is 0 Å². The highest BCUT2D eigenvalue weighted by molar-refractivity contribution is 7.21. The van der Waals surface area contributed by atoms with Crippen molar-refractivity contribution < 1.29 is 28.9 Å². The van der Waals surface area contributed by atoms with E-state index in [9.17, 15) is 29.0 Å². The van der Waals surface area contributed by atoms with Crippen molar-refractivity contribution in [1.82, 2.24) is 24.1 Å². The van der Waals surface area contributed by atoms with Crippen LogP contribution in [0.15, 0.2) is 40.2 Å². The fourth-order valence-corrected chi connectivity index (χ4v) is 5.43. The smallest absolute Gasteiger partial charge is 0.333 e. The summed E-state index contributed by atoms with van der Waals surface area (Å²) in [5, 5.41) is 28.6. The summed E-state index contributed by atoms with van der Waals surface area (Å²) in [6, 6.07) is 3.82. The number of aromatic nitrogens is 5. The van der Waals surface area contributed by atoms with Gasteiger partial charge < -0.3 is 19.7 Å². The summed E-state index contributed by atoms with van der Waals surface area (Å²) in [6.07, 6.45) is 1.00. The van der Waals surface area contributed by atoms with Gasteiger partial charge in [-0.15, -0.1) is 4.80 Å². The molecule has 0 fully saturated rings. The quantitative estimate of drug-likeness (QED) is 0.297. The Morgan fingerprint density at radius 1 is 1.23 bits per heavy atom. The number of nitrogens with zero attached hydrogens (tertiary/aromatic N) is 5. The Bertz CT molecular complexity index is 1640. The molecule has 0 bridgehead atoms. The van der Waals surface area contributed by atoms with Gasteiger partial charge >= 0.3 is 11.7 Å². The minimum absolute atomic E-state index is 0.113. The van der Waals surface area contributed by atoms with Crippen LogP contribution >= 0.6 is 11.3 Å². The zero-order chi connectivity index (χ0) is 28.6. The summed E-state index contributed by atoms with van der Waals surface area (Å²) in [5.41, 5.74) is -2.88. The van der Waals surface area contributed by atoms with E-state index in [1.54, 1.807) is 6.92 Å². The molecule has 2 N–H and O–H groups in total. The molecule has 0 radical (unpaired) electrons. The first-order valence-corrected chi connectivity index (χ1v) is 12.7. The number of methoxy groups -OCH3 is 1. The van der Waals surface area contributed by atoms with E-state index in [4.69, 9.17) is 9.47 Å². The normalized spacial score (nSPS) is 13.5. The summed E-state index contributed by atoms with van der Waals surface area (Å²) >= 11 is 1.07. The van der Waals surface area contributed by atoms with Crippen LogP contribution in [0.3, 0.4) is 0 Å². The number of carboxylic acid groups (broad SMARTS) is 1. The van der Waals surface area contributed by atoms with Crippen molar-refractivity contribution in [2.24, 2.45) is 0 Å². The summed E-state index contributed by atoms with van der Waals surface area (Å²) in [6.45, 7) is 5.25. The molecule has 1 unspecified atom stereocenters. The molecular formula is C25H28FN5O7S. The molecule has 39 heavy (non-hydrogen) atoms. The van der Waals surface area contributed by atoms with E-state index in [2.05, 4.69) is 10.2 Å². The highest BCUT2D eigenvalue weighted by Gasteiger charge is 2.36. The maximum Gasteiger partial charge on any atom is 0.333 e. The fraction of sp³-hybridized carbons (Fsp3) is 0.400. The topological polar surface area (TPSA) is 151 Å². The number of ether oxygens (including phenoxy) is 2. The van der Waals surface area contributed by atoms with Gasteiger partial charge in [-0.05, 0) is 45.9 Å². The van der Waals surface area contributed by atoms with Gasteiger partial charge in [-0.2, -0.15) is 10.2 Å². The summed E-state index contributed by atoms with van der Waals surface area (Å²) < 4.78 is 27.6. The summed E-state index contributed by atoms with van der Waals surface area (Å²) in [5.74, 6) is -1.69. The number of aliphatic hydroxyl groups is 1. The van der Waals surface area contributed by atoms with Crippen LogP contribution in [0.5, 0.6) is 5.75 Å². The predicted molar refractivity (Wildman–Crippen MR) is 140 cm³/mol. The lowest BCUT2D eigenvalue weighted by molar-refractivity contribution is -0.146. The van der Waals surface area contributed by atoms with Crippen molar-refractivity contribution in [2.75, 3.05) is 13.7 Å². The lowest BCUT2D eigenvalue weighted by Crippen LogP contribution is -2.52. The molecule has 1 aromatic carbocycles. The molecule has 4 aromatic rings. The zero-order valence-corrected chi connectivity index (χ0v) is 22.7. The van der Waals surface area contributed by atoms with Gasteiger partial charge in [0.25, 0.3) is 5.56 Å². The lowest BCUT2D eigenvalue weighted by Gasteiger charge is -2.26. The van der Waals surface area contributed by atoms with Crippen molar-refractivity contribution in [2.45, 2.75) is 52.0 Å². The molecule has 12 nitrogen and oxygen atoms in total. The van der Waals surface area contributed by atoms with Gasteiger partial charge in [-0.1, -0.05) is 11.3 Å². The third kappa shape index (κ3) is 5.10. The Morgan fingerprint density at radius 2 is 1.90 bits per heavy atom. The number of carboxylic acids is 1. The van der Waals surface area contributed by atoms with Gasteiger partial charge in [-0.3, -0.25) is 9.36 Å². The van der Waals surface area contributed by atoms with E-state index in [1.165, 1.54) is 67.8 Å². The van der Waals surface area contributed by atoms with Crippen molar-refractivity contribution in [3.05, 3.63) is 68.4 Å². The van der Waals surface area contributed by atoms with E-state index in [0.29, 0.717) is 15.1 Å². The largest absolute Gasteiger partial charge is 0.496 e. The molecule has 3 aromatic heterocycles. The first-order valence-electron chi connectivity index (χ1n) is 11.9. The van der Waals surface area contributed by atoms with Crippen LogP contribution in [0.2, 0.25) is 0 Å². The fourth-order valence-electron chi connectivity index (χ4n) is 4.21. The Hall–Kier alpha value is -3.88. The lowest BCUT2D eigenvalue weighted by atomic mass is 10.1. The van der Waals surface area contributed by atoms with Crippen LogP contribution in [0, 0.1) is 12.7 Å². The molecule has 14 heteroatoms. The van der Waals surface area contributed by atoms with Gasteiger partial charge in [0.05, 0.1) is 44.1 Å². The molecule has 4 rings (SSSR count).